The minimum absolute atomic E-state index is 0.476. The van der Waals surface area contributed by atoms with Crippen molar-refractivity contribution in [1.82, 2.24) is 4.98 Å². The zero-order valence-electron chi connectivity index (χ0n) is 9.00. The topological polar surface area (TPSA) is 42.4 Å². The molecule has 1 heterocycles. The van der Waals surface area contributed by atoms with Crippen molar-refractivity contribution < 1.29 is 9.84 Å². The van der Waals surface area contributed by atoms with Crippen LogP contribution in [0.4, 0.5) is 0 Å². The Morgan fingerprint density at radius 2 is 1.75 bits per heavy atom. The summed E-state index contributed by atoms with van der Waals surface area (Å²) in [6.07, 6.45) is 1.63. The first kappa shape index (κ1) is 10.8. The number of ether oxygens (including phenoxy) is 1. The molecule has 0 aliphatic rings. The monoisotopic (exact) mass is 215 g/mol. The van der Waals surface area contributed by atoms with E-state index in [0.717, 1.165) is 0 Å². The van der Waals surface area contributed by atoms with Gasteiger partial charge in [0.25, 0.3) is 0 Å². The van der Waals surface area contributed by atoms with Gasteiger partial charge >= 0.3 is 0 Å². The first-order valence-electron chi connectivity index (χ1n) is 5.02. The van der Waals surface area contributed by atoms with E-state index < -0.39 is 5.79 Å². The SMILES string of the molecule is CO[C@@](O)(c1ccccc1)c1ccccn1. The summed E-state index contributed by atoms with van der Waals surface area (Å²) in [4.78, 5) is 4.12. The Labute approximate surface area is 94.3 Å². The van der Waals surface area contributed by atoms with Crippen LogP contribution in [0.5, 0.6) is 0 Å². The third-order valence-corrected chi connectivity index (χ3v) is 2.47. The molecule has 0 radical (unpaired) electrons. The Balaban J connectivity index is 2.49. The summed E-state index contributed by atoms with van der Waals surface area (Å²) in [5.41, 5.74) is 1.14. The first-order valence-corrected chi connectivity index (χ1v) is 5.02. The average Bonchev–Trinajstić information content (AvgIpc) is 2.40. The molecule has 0 fully saturated rings. The molecule has 0 unspecified atom stereocenters. The zero-order valence-corrected chi connectivity index (χ0v) is 9.00. The maximum absolute atomic E-state index is 10.5. The Hall–Kier alpha value is -1.71. The summed E-state index contributed by atoms with van der Waals surface area (Å²) in [5, 5.41) is 10.5. The van der Waals surface area contributed by atoms with Gasteiger partial charge in [0.1, 0.15) is 5.69 Å². The van der Waals surface area contributed by atoms with Crippen LogP contribution in [0.25, 0.3) is 0 Å². The number of aromatic nitrogens is 1. The molecular weight excluding hydrogens is 202 g/mol. The minimum atomic E-state index is -1.48. The molecular formula is C13H13NO2. The van der Waals surface area contributed by atoms with Crippen LogP contribution in [-0.4, -0.2) is 17.2 Å². The number of benzene rings is 1. The Morgan fingerprint density at radius 3 is 2.31 bits per heavy atom. The number of hydrogen-bond acceptors (Lipinski definition) is 3. The van der Waals surface area contributed by atoms with Crippen LogP contribution in [0.3, 0.4) is 0 Å². The molecule has 0 saturated heterocycles. The largest absolute Gasteiger partial charge is 0.357 e. The van der Waals surface area contributed by atoms with E-state index in [9.17, 15) is 5.11 Å². The Bertz CT molecular complexity index is 403. The van der Waals surface area contributed by atoms with E-state index in [0.29, 0.717) is 11.3 Å². The van der Waals surface area contributed by atoms with Crippen molar-refractivity contribution in [2.24, 2.45) is 0 Å². The van der Waals surface area contributed by atoms with Crippen molar-refractivity contribution in [2.45, 2.75) is 5.79 Å². The van der Waals surface area contributed by atoms with Gasteiger partial charge in [0, 0.05) is 18.9 Å². The lowest BCUT2D eigenvalue weighted by atomic mass is 10.0. The van der Waals surface area contributed by atoms with E-state index in [1.807, 2.05) is 24.3 Å². The minimum Gasteiger partial charge on any atom is -0.357 e. The predicted molar refractivity (Wildman–Crippen MR) is 60.7 cm³/mol. The smallest absolute Gasteiger partial charge is 0.237 e. The molecule has 82 valence electrons. The van der Waals surface area contributed by atoms with Crippen LogP contribution in [0.15, 0.2) is 54.7 Å². The van der Waals surface area contributed by atoms with Crippen LogP contribution in [0, 0.1) is 0 Å². The normalized spacial score (nSPS) is 14.4. The van der Waals surface area contributed by atoms with Crippen molar-refractivity contribution in [3.05, 3.63) is 66.0 Å². The van der Waals surface area contributed by atoms with E-state index in [1.54, 1.807) is 30.5 Å². The highest BCUT2D eigenvalue weighted by Gasteiger charge is 2.32. The van der Waals surface area contributed by atoms with E-state index in [4.69, 9.17) is 4.74 Å². The van der Waals surface area contributed by atoms with Crippen molar-refractivity contribution in [3.63, 3.8) is 0 Å². The third kappa shape index (κ3) is 1.83. The van der Waals surface area contributed by atoms with Crippen molar-refractivity contribution >= 4 is 0 Å². The molecule has 3 nitrogen and oxygen atoms in total. The summed E-state index contributed by atoms with van der Waals surface area (Å²) < 4.78 is 5.20. The summed E-state index contributed by atoms with van der Waals surface area (Å²) in [6.45, 7) is 0. The summed E-state index contributed by atoms with van der Waals surface area (Å²) in [6, 6.07) is 14.5. The molecule has 0 spiro atoms. The molecule has 0 aliphatic carbocycles. The molecule has 0 amide bonds. The van der Waals surface area contributed by atoms with Crippen molar-refractivity contribution in [1.29, 1.82) is 0 Å². The van der Waals surface area contributed by atoms with Crippen molar-refractivity contribution in [2.75, 3.05) is 7.11 Å². The standard InChI is InChI=1S/C13H13NO2/c1-16-13(15,11-7-3-2-4-8-11)12-9-5-6-10-14-12/h2-10,15H,1H3/t13-/m0/s1. The number of nitrogens with zero attached hydrogens (tertiary/aromatic N) is 1. The van der Waals surface area contributed by atoms with Crippen LogP contribution in [-0.2, 0) is 10.5 Å². The van der Waals surface area contributed by atoms with Crippen LogP contribution in [0.2, 0.25) is 0 Å². The summed E-state index contributed by atoms with van der Waals surface area (Å²) in [5.74, 6) is -1.48. The number of methoxy groups -OCH3 is 1. The summed E-state index contributed by atoms with van der Waals surface area (Å²) in [7, 11) is 1.46. The Morgan fingerprint density at radius 1 is 1.06 bits per heavy atom. The van der Waals surface area contributed by atoms with Gasteiger partial charge in [-0.2, -0.15) is 0 Å². The molecule has 3 heteroatoms. The molecule has 1 atom stereocenters. The van der Waals surface area contributed by atoms with Gasteiger partial charge in [0.2, 0.25) is 5.79 Å². The predicted octanol–water partition coefficient (Wildman–Crippen LogP) is 1.92. The van der Waals surface area contributed by atoms with Crippen LogP contribution in [0.1, 0.15) is 11.3 Å². The fourth-order valence-corrected chi connectivity index (χ4v) is 1.60. The van der Waals surface area contributed by atoms with Gasteiger partial charge in [0.15, 0.2) is 0 Å². The molecule has 1 aromatic carbocycles. The number of rotatable bonds is 3. The van der Waals surface area contributed by atoms with Gasteiger partial charge in [-0.1, -0.05) is 36.4 Å². The maximum atomic E-state index is 10.5. The van der Waals surface area contributed by atoms with Gasteiger partial charge in [-0.25, -0.2) is 0 Å². The van der Waals surface area contributed by atoms with Gasteiger partial charge < -0.3 is 9.84 Å². The number of pyridine rings is 1. The lowest BCUT2D eigenvalue weighted by Crippen LogP contribution is -2.30. The molecule has 1 N–H and O–H groups in total. The molecule has 0 aliphatic heterocycles. The molecule has 2 rings (SSSR count). The Kier molecular flexibility index (Phi) is 2.99. The molecule has 0 saturated carbocycles. The van der Waals surface area contributed by atoms with Crippen LogP contribution >= 0.6 is 0 Å². The summed E-state index contributed by atoms with van der Waals surface area (Å²) >= 11 is 0. The third-order valence-electron chi connectivity index (χ3n) is 2.47. The van der Waals surface area contributed by atoms with Gasteiger partial charge in [-0.05, 0) is 12.1 Å². The highest BCUT2D eigenvalue weighted by atomic mass is 16.6. The lowest BCUT2D eigenvalue weighted by molar-refractivity contribution is -0.162. The first-order chi connectivity index (χ1) is 7.77. The average molecular weight is 215 g/mol. The highest BCUT2D eigenvalue weighted by molar-refractivity contribution is 5.28. The quantitative estimate of drug-likeness (QED) is 0.795. The van der Waals surface area contributed by atoms with Gasteiger partial charge in [-0.3, -0.25) is 4.98 Å². The maximum Gasteiger partial charge on any atom is 0.237 e. The van der Waals surface area contributed by atoms with E-state index >= 15 is 0 Å². The fourth-order valence-electron chi connectivity index (χ4n) is 1.60. The van der Waals surface area contributed by atoms with Crippen molar-refractivity contribution in [3.8, 4) is 0 Å². The molecule has 1 aromatic heterocycles. The van der Waals surface area contributed by atoms with Gasteiger partial charge in [0.05, 0.1) is 0 Å². The van der Waals surface area contributed by atoms with E-state index in [-0.39, 0.29) is 0 Å². The lowest BCUT2D eigenvalue weighted by Gasteiger charge is -2.26. The molecule has 0 bridgehead atoms. The second-order valence-corrected chi connectivity index (χ2v) is 3.43. The van der Waals surface area contributed by atoms with Gasteiger partial charge in [-0.15, -0.1) is 0 Å². The van der Waals surface area contributed by atoms with E-state index in [2.05, 4.69) is 4.98 Å². The number of hydrogen-bond donors (Lipinski definition) is 1. The zero-order chi connectivity index (χ0) is 11.4. The number of aliphatic hydroxyl groups is 1. The highest BCUT2D eigenvalue weighted by Crippen LogP contribution is 2.28. The molecule has 16 heavy (non-hydrogen) atoms. The fraction of sp³-hybridized carbons (Fsp3) is 0.154. The van der Waals surface area contributed by atoms with Crippen LogP contribution < -0.4 is 0 Å². The second-order valence-electron chi connectivity index (χ2n) is 3.43. The molecule has 2 aromatic rings. The van der Waals surface area contributed by atoms with E-state index in [1.165, 1.54) is 7.11 Å². The second kappa shape index (κ2) is 4.43.